The second-order valence-electron chi connectivity index (χ2n) is 3.84. The summed E-state index contributed by atoms with van der Waals surface area (Å²) >= 11 is 10.8. The van der Waals surface area contributed by atoms with Crippen molar-refractivity contribution < 1.29 is 4.79 Å². The van der Waals surface area contributed by atoms with Gasteiger partial charge in [0.1, 0.15) is 0 Å². The first-order chi connectivity index (χ1) is 7.93. The normalized spacial score (nSPS) is 13.6. The Labute approximate surface area is 111 Å². The van der Waals surface area contributed by atoms with Crippen molar-refractivity contribution in [3.05, 3.63) is 34.9 Å². The average molecular weight is 269 g/mol. The summed E-state index contributed by atoms with van der Waals surface area (Å²) in [6, 6.07) is 5.65. The molecular weight excluding hydrogens is 256 g/mol. The molecule has 0 spiro atoms. The van der Waals surface area contributed by atoms with Crippen LogP contribution in [0.3, 0.4) is 0 Å². The van der Waals surface area contributed by atoms with Crippen molar-refractivity contribution in [3.8, 4) is 0 Å². The number of nitrogens with two attached hydrogens (primary N) is 1. The molecule has 0 bridgehead atoms. The van der Waals surface area contributed by atoms with E-state index in [2.05, 4.69) is 22.4 Å². The second kappa shape index (κ2) is 5.41. The molecule has 0 aliphatic rings. The minimum Gasteiger partial charge on any atom is -0.368 e. The molecule has 2 N–H and O–H groups in total. The van der Waals surface area contributed by atoms with Gasteiger partial charge < -0.3 is 5.73 Å². The fraction of sp³-hybridized carbons (Fsp3) is 0.333. The number of thiocarbonyl (C=S) groups is 1. The molecule has 0 aliphatic carbocycles. The highest BCUT2D eigenvalue weighted by molar-refractivity contribution is 7.78. The number of isothiocyanates is 1. The van der Waals surface area contributed by atoms with Gasteiger partial charge in [0.15, 0.2) is 4.87 Å². The van der Waals surface area contributed by atoms with Crippen LogP contribution in [0.1, 0.15) is 16.7 Å². The molecule has 0 saturated carbocycles. The topological polar surface area (TPSA) is 55.4 Å². The lowest BCUT2D eigenvalue weighted by molar-refractivity contribution is -0.120. The van der Waals surface area contributed by atoms with Crippen molar-refractivity contribution in [1.82, 2.24) is 0 Å². The molecule has 0 aliphatic heterocycles. The number of hydrogen-bond acceptors (Lipinski definition) is 3. The molecule has 0 heterocycles. The van der Waals surface area contributed by atoms with Gasteiger partial charge in [-0.1, -0.05) is 18.2 Å². The van der Waals surface area contributed by atoms with E-state index >= 15 is 0 Å². The lowest BCUT2D eigenvalue weighted by Crippen LogP contribution is -2.40. The van der Waals surface area contributed by atoms with Gasteiger partial charge in [-0.2, -0.15) is 0 Å². The highest BCUT2D eigenvalue weighted by atomic mass is 35.5. The summed E-state index contributed by atoms with van der Waals surface area (Å²) in [4.78, 5) is 14.0. The molecule has 1 aromatic rings. The Hall–Kier alpha value is -1.22. The summed E-state index contributed by atoms with van der Waals surface area (Å²) in [6.07, 6.45) is 0. The Bertz CT molecular complexity index is 477. The molecule has 1 atom stereocenters. The molecule has 1 unspecified atom stereocenters. The summed E-state index contributed by atoms with van der Waals surface area (Å²) < 4.78 is 0. The third-order valence-electron chi connectivity index (χ3n) is 2.63. The van der Waals surface area contributed by atoms with Crippen LogP contribution in [0.5, 0.6) is 0 Å². The predicted octanol–water partition coefficient (Wildman–Crippen LogP) is 2.33. The van der Waals surface area contributed by atoms with Crippen molar-refractivity contribution in [1.29, 1.82) is 0 Å². The number of nitrogens with zero attached hydrogens (tertiary/aromatic N) is 1. The van der Waals surface area contributed by atoms with Crippen LogP contribution >= 0.6 is 23.8 Å². The zero-order chi connectivity index (χ0) is 13.1. The van der Waals surface area contributed by atoms with E-state index in [1.54, 1.807) is 0 Å². The molecule has 1 amide bonds. The number of halogens is 1. The van der Waals surface area contributed by atoms with Crippen LogP contribution in [0.4, 0.5) is 0 Å². The number of amides is 1. The highest BCUT2D eigenvalue weighted by Gasteiger charge is 2.38. The van der Waals surface area contributed by atoms with E-state index in [1.165, 1.54) is 0 Å². The lowest BCUT2D eigenvalue weighted by atomic mass is 9.89. The Morgan fingerprint density at radius 2 is 2.06 bits per heavy atom. The lowest BCUT2D eigenvalue weighted by Gasteiger charge is -2.25. The molecule has 0 fully saturated rings. The molecule has 90 valence electrons. The maximum atomic E-state index is 11.6. The fourth-order valence-electron chi connectivity index (χ4n) is 1.86. The minimum atomic E-state index is -1.36. The van der Waals surface area contributed by atoms with E-state index in [9.17, 15) is 4.79 Å². The van der Waals surface area contributed by atoms with Gasteiger partial charge in [0, 0.05) is 0 Å². The fourth-order valence-corrected chi connectivity index (χ4v) is 2.28. The second-order valence-corrected chi connectivity index (χ2v) is 4.67. The zero-order valence-electron chi connectivity index (χ0n) is 9.66. The first-order valence-corrected chi connectivity index (χ1v) is 5.81. The predicted molar refractivity (Wildman–Crippen MR) is 72.5 cm³/mol. The number of alkyl halides is 1. The number of carbonyl (C=O) groups is 1. The van der Waals surface area contributed by atoms with Gasteiger partial charge in [-0.25, -0.2) is 4.99 Å². The molecule has 1 aromatic carbocycles. The molecule has 5 heteroatoms. The molecular formula is C12H13ClN2OS. The van der Waals surface area contributed by atoms with Crippen LogP contribution in [0.15, 0.2) is 23.2 Å². The number of hydrogen-bond donors (Lipinski definition) is 1. The van der Waals surface area contributed by atoms with Crippen molar-refractivity contribution in [2.45, 2.75) is 18.7 Å². The van der Waals surface area contributed by atoms with Gasteiger partial charge >= 0.3 is 0 Å². The number of primary amides is 1. The molecule has 1 rings (SSSR count). The van der Waals surface area contributed by atoms with Gasteiger partial charge in [-0.3, -0.25) is 4.79 Å². The number of benzene rings is 1. The van der Waals surface area contributed by atoms with Crippen molar-refractivity contribution in [2.75, 3.05) is 6.54 Å². The maximum Gasteiger partial charge on any atom is 0.245 e. The average Bonchev–Trinajstić information content (AvgIpc) is 2.25. The summed E-state index contributed by atoms with van der Waals surface area (Å²) in [5.41, 5.74) is 7.89. The van der Waals surface area contributed by atoms with Crippen LogP contribution < -0.4 is 5.73 Å². The van der Waals surface area contributed by atoms with Crippen LogP contribution in [0.25, 0.3) is 0 Å². The molecule has 3 nitrogen and oxygen atoms in total. The van der Waals surface area contributed by atoms with Crippen LogP contribution in [0.2, 0.25) is 0 Å². The SMILES string of the molecule is Cc1cccc(C)c1C(Cl)(CN=C=S)C(N)=O. The van der Waals surface area contributed by atoms with Crippen molar-refractivity contribution >= 4 is 34.9 Å². The summed E-state index contributed by atoms with van der Waals surface area (Å²) in [6.45, 7) is 3.76. The number of carbonyl (C=O) groups excluding carboxylic acids is 1. The molecule has 0 radical (unpaired) electrons. The van der Waals surface area contributed by atoms with Gasteiger partial charge in [-0.15, -0.1) is 11.6 Å². The Morgan fingerprint density at radius 3 is 2.47 bits per heavy atom. The Kier molecular flexibility index (Phi) is 4.40. The van der Waals surface area contributed by atoms with Gasteiger partial charge in [-0.05, 0) is 42.8 Å². The minimum absolute atomic E-state index is 0.000910. The summed E-state index contributed by atoms with van der Waals surface area (Å²) in [7, 11) is 0. The monoisotopic (exact) mass is 268 g/mol. The standard InChI is InChI=1S/C12H13ClN2OS/c1-8-4-3-5-9(2)10(8)12(13,11(14)16)6-15-7-17/h3-5H,6H2,1-2H3,(H2,14,16). The van der Waals surface area contributed by atoms with E-state index in [1.807, 2.05) is 32.0 Å². The van der Waals surface area contributed by atoms with Gasteiger partial charge in [0.2, 0.25) is 5.91 Å². The Morgan fingerprint density at radius 1 is 1.53 bits per heavy atom. The van der Waals surface area contributed by atoms with E-state index in [0.717, 1.165) is 11.1 Å². The summed E-state index contributed by atoms with van der Waals surface area (Å²) in [5.74, 6) is -0.634. The van der Waals surface area contributed by atoms with Crippen molar-refractivity contribution in [2.24, 2.45) is 10.7 Å². The molecule has 0 aromatic heterocycles. The number of aryl methyl sites for hydroxylation is 2. The van der Waals surface area contributed by atoms with E-state index in [-0.39, 0.29) is 6.54 Å². The van der Waals surface area contributed by atoms with Gasteiger partial charge in [0.05, 0.1) is 11.7 Å². The third kappa shape index (κ3) is 2.72. The smallest absolute Gasteiger partial charge is 0.245 e. The largest absolute Gasteiger partial charge is 0.368 e. The number of rotatable bonds is 4. The molecule has 0 saturated heterocycles. The van der Waals surface area contributed by atoms with Crippen LogP contribution in [0, 0.1) is 13.8 Å². The summed E-state index contributed by atoms with van der Waals surface area (Å²) in [5, 5.41) is 2.20. The third-order valence-corrected chi connectivity index (χ3v) is 3.25. The number of aliphatic imine (C=N–C) groups is 1. The van der Waals surface area contributed by atoms with Gasteiger partial charge in [0.25, 0.3) is 0 Å². The van der Waals surface area contributed by atoms with E-state index in [4.69, 9.17) is 17.3 Å². The zero-order valence-corrected chi connectivity index (χ0v) is 11.2. The molecule has 17 heavy (non-hydrogen) atoms. The van der Waals surface area contributed by atoms with Crippen LogP contribution in [-0.4, -0.2) is 17.6 Å². The Balaban J connectivity index is 3.42. The quantitative estimate of drug-likeness (QED) is 0.518. The van der Waals surface area contributed by atoms with E-state index < -0.39 is 10.8 Å². The van der Waals surface area contributed by atoms with Crippen molar-refractivity contribution in [3.63, 3.8) is 0 Å². The first kappa shape index (κ1) is 13.8. The maximum absolute atomic E-state index is 11.6. The first-order valence-electron chi connectivity index (χ1n) is 5.02. The highest BCUT2D eigenvalue weighted by Crippen LogP contribution is 2.34. The van der Waals surface area contributed by atoms with E-state index in [0.29, 0.717) is 5.56 Å². The van der Waals surface area contributed by atoms with Crippen LogP contribution in [-0.2, 0) is 9.67 Å².